The molecule has 0 unspecified atom stereocenters. The molecule has 0 aromatic carbocycles. The van der Waals surface area contributed by atoms with Gasteiger partial charge in [0, 0.05) is 21.8 Å². The Balaban J connectivity index is 2.71. The number of carbonyl (C=O) groups excluding carboxylic acids is 1. The highest BCUT2D eigenvalue weighted by molar-refractivity contribution is 9.10. The second kappa shape index (κ2) is 5.34. The van der Waals surface area contributed by atoms with Crippen LogP contribution < -0.4 is 0 Å². The zero-order chi connectivity index (χ0) is 13.2. The van der Waals surface area contributed by atoms with Crippen LogP contribution in [0.4, 0.5) is 17.6 Å². The van der Waals surface area contributed by atoms with Gasteiger partial charge in [0.1, 0.15) is 0 Å². The van der Waals surface area contributed by atoms with Crippen molar-refractivity contribution in [3.63, 3.8) is 0 Å². The van der Waals surface area contributed by atoms with Gasteiger partial charge in [0.25, 0.3) is 5.91 Å². The molecule has 0 saturated carbocycles. The minimum Gasteiger partial charge on any atom is -0.335 e. The predicted molar refractivity (Wildman–Crippen MR) is 59.4 cm³/mol. The summed E-state index contributed by atoms with van der Waals surface area (Å²) >= 11 is 4.40. The summed E-state index contributed by atoms with van der Waals surface area (Å²) in [5, 5.41) is 1.71. The average molecular weight is 334 g/mol. The van der Waals surface area contributed by atoms with E-state index in [-0.39, 0.29) is 6.54 Å². The molecule has 0 radical (unpaired) electrons. The fourth-order valence-corrected chi connectivity index (χ4v) is 2.59. The molecular weight excluding hydrogens is 326 g/mol. The third kappa shape index (κ3) is 3.41. The van der Waals surface area contributed by atoms with E-state index in [4.69, 9.17) is 0 Å². The fraction of sp³-hybridized carbons (Fsp3) is 0.444. The quantitative estimate of drug-likeness (QED) is 0.773. The normalized spacial score (nSPS) is 11.9. The van der Waals surface area contributed by atoms with E-state index in [2.05, 4.69) is 15.9 Å². The first kappa shape index (κ1) is 14.4. The van der Waals surface area contributed by atoms with E-state index in [0.29, 0.717) is 9.78 Å². The SMILES string of the molecule is CN(Cc1cc(Br)cs1)C(=O)C(F)(F)C(F)F. The van der Waals surface area contributed by atoms with Gasteiger partial charge in [-0.2, -0.15) is 8.78 Å². The van der Waals surface area contributed by atoms with Crippen molar-refractivity contribution >= 4 is 33.2 Å². The molecule has 2 nitrogen and oxygen atoms in total. The maximum absolute atomic E-state index is 12.8. The van der Waals surface area contributed by atoms with Crippen molar-refractivity contribution in [2.24, 2.45) is 0 Å². The lowest BCUT2D eigenvalue weighted by Gasteiger charge is -2.22. The van der Waals surface area contributed by atoms with Crippen molar-refractivity contribution in [3.05, 3.63) is 20.8 Å². The van der Waals surface area contributed by atoms with Gasteiger partial charge in [-0.1, -0.05) is 0 Å². The third-order valence-electron chi connectivity index (χ3n) is 1.92. The highest BCUT2D eigenvalue weighted by Crippen LogP contribution is 2.27. The largest absolute Gasteiger partial charge is 0.383 e. The summed E-state index contributed by atoms with van der Waals surface area (Å²) in [5.41, 5.74) is 0. The van der Waals surface area contributed by atoms with E-state index in [9.17, 15) is 22.4 Å². The van der Waals surface area contributed by atoms with Crippen LogP contribution in [0.25, 0.3) is 0 Å². The van der Waals surface area contributed by atoms with Crippen molar-refractivity contribution < 1.29 is 22.4 Å². The van der Waals surface area contributed by atoms with E-state index < -0.39 is 18.3 Å². The Morgan fingerprint density at radius 3 is 2.59 bits per heavy atom. The number of alkyl halides is 4. The second-order valence-electron chi connectivity index (χ2n) is 3.32. The second-order valence-corrected chi connectivity index (χ2v) is 5.23. The Morgan fingerprint density at radius 1 is 1.59 bits per heavy atom. The molecule has 8 heteroatoms. The minimum atomic E-state index is -4.64. The number of rotatable bonds is 4. The van der Waals surface area contributed by atoms with Crippen molar-refractivity contribution in [2.75, 3.05) is 7.05 Å². The van der Waals surface area contributed by atoms with Gasteiger partial charge in [0.15, 0.2) is 0 Å². The molecule has 96 valence electrons. The van der Waals surface area contributed by atoms with Crippen molar-refractivity contribution in [2.45, 2.75) is 18.9 Å². The molecule has 0 N–H and O–H groups in total. The molecule has 1 aromatic heterocycles. The van der Waals surface area contributed by atoms with Crippen molar-refractivity contribution in [1.82, 2.24) is 4.90 Å². The Morgan fingerprint density at radius 2 is 2.18 bits per heavy atom. The van der Waals surface area contributed by atoms with Crippen molar-refractivity contribution in [3.8, 4) is 0 Å². The summed E-state index contributed by atoms with van der Waals surface area (Å²) < 4.78 is 50.2. The first-order chi connectivity index (χ1) is 7.75. The van der Waals surface area contributed by atoms with Gasteiger partial charge in [-0.15, -0.1) is 11.3 Å². The molecule has 1 heterocycles. The summed E-state index contributed by atoms with van der Waals surface area (Å²) in [4.78, 5) is 12.3. The molecule has 0 saturated heterocycles. The summed E-state index contributed by atoms with van der Waals surface area (Å²) in [6.45, 7) is -0.128. The fourth-order valence-electron chi connectivity index (χ4n) is 1.09. The number of thiophene rings is 1. The lowest BCUT2D eigenvalue weighted by atomic mass is 10.3. The molecule has 0 bridgehead atoms. The molecule has 1 rings (SSSR count). The number of hydrogen-bond acceptors (Lipinski definition) is 2. The van der Waals surface area contributed by atoms with Gasteiger partial charge in [0.2, 0.25) is 0 Å². The van der Waals surface area contributed by atoms with Crippen LogP contribution in [0.5, 0.6) is 0 Å². The van der Waals surface area contributed by atoms with Crippen LogP contribution in [-0.4, -0.2) is 30.2 Å². The van der Waals surface area contributed by atoms with Crippen molar-refractivity contribution in [1.29, 1.82) is 0 Å². The average Bonchev–Trinajstić information content (AvgIpc) is 2.62. The monoisotopic (exact) mass is 333 g/mol. The number of nitrogens with zero attached hydrogens (tertiary/aromatic N) is 1. The Bertz CT molecular complexity index is 409. The first-order valence-corrected chi connectivity index (χ1v) is 6.07. The Labute approximate surface area is 107 Å². The standard InChI is InChI=1S/C9H8BrF4NOS/c1-15(3-6-2-5(10)4-17-6)8(16)9(13,14)7(11)12/h2,4,7H,3H2,1H3. The van der Waals surface area contributed by atoms with Crippen LogP contribution in [0.3, 0.4) is 0 Å². The highest BCUT2D eigenvalue weighted by Gasteiger charge is 2.50. The number of hydrogen-bond donors (Lipinski definition) is 0. The third-order valence-corrected chi connectivity index (χ3v) is 3.60. The molecular formula is C9H8BrF4NOS. The zero-order valence-corrected chi connectivity index (χ0v) is 11.0. The van der Waals surface area contributed by atoms with E-state index in [1.165, 1.54) is 11.3 Å². The summed E-state index contributed by atoms with van der Waals surface area (Å²) in [6.07, 6.45) is -3.99. The molecule has 0 fully saturated rings. The number of amides is 1. The maximum Gasteiger partial charge on any atom is 0.383 e. The smallest absolute Gasteiger partial charge is 0.335 e. The van der Waals surface area contributed by atoms with Gasteiger partial charge in [-0.3, -0.25) is 4.79 Å². The van der Waals surface area contributed by atoms with Crippen LogP contribution in [0.15, 0.2) is 15.9 Å². The minimum absolute atomic E-state index is 0.128. The van der Waals surface area contributed by atoms with E-state index in [0.717, 1.165) is 11.5 Å². The summed E-state index contributed by atoms with van der Waals surface area (Å²) in [7, 11) is 1.06. The Hall–Kier alpha value is -0.630. The molecule has 0 aliphatic carbocycles. The lowest BCUT2D eigenvalue weighted by Crippen LogP contribution is -2.45. The highest BCUT2D eigenvalue weighted by atomic mass is 79.9. The topological polar surface area (TPSA) is 20.3 Å². The van der Waals surface area contributed by atoms with Gasteiger partial charge in [0.05, 0.1) is 6.54 Å². The first-order valence-electron chi connectivity index (χ1n) is 4.39. The summed E-state index contributed by atoms with van der Waals surface area (Å²) in [6, 6.07) is 1.63. The molecule has 17 heavy (non-hydrogen) atoms. The molecule has 0 spiro atoms. The van der Waals surface area contributed by atoms with Gasteiger partial charge in [-0.05, 0) is 22.0 Å². The Kier molecular flexibility index (Phi) is 4.54. The van der Waals surface area contributed by atoms with Crippen LogP contribution in [-0.2, 0) is 11.3 Å². The molecule has 1 amide bonds. The summed E-state index contributed by atoms with van der Waals surface area (Å²) in [5.74, 6) is -6.51. The van der Waals surface area contributed by atoms with E-state index in [1.807, 2.05) is 0 Å². The van der Waals surface area contributed by atoms with Gasteiger partial charge < -0.3 is 4.90 Å². The zero-order valence-electron chi connectivity index (χ0n) is 8.59. The van der Waals surface area contributed by atoms with E-state index >= 15 is 0 Å². The van der Waals surface area contributed by atoms with Crippen LogP contribution in [0.2, 0.25) is 0 Å². The maximum atomic E-state index is 12.8. The predicted octanol–water partition coefficient (Wildman–Crippen LogP) is 3.37. The molecule has 0 aliphatic heterocycles. The number of carbonyl (C=O) groups is 1. The van der Waals surface area contributed by atoms with Gasteiger partial charge >= 0.3 is 12.3 Å². The van der Waals surface area contributed by atoms with Gasteiger partial charge in [-0.25, -0.2) is 8.78 Å². The molecule has 0 atom stereocenters. The van der Waals surface area contributed by atoms with Crippen LogP contribution in [0.1, 0.15) is 4.88 Å². The molecule has 0 aliphatic rings. The van der Waals surface area contributed by atoms with E-state index in [1.54, 1.807) is 11.4 Å². The lowest BCUT2D eigenvalue weighted by molar-refractivity contribution is -0.179. The van der Waals surface area contributed by atoms with Crippen LogP contribution in [0, 0.1) is 0 Å². The van der Waals surface area contributed by atoms with Crippen LogP contribution >= 0.6 is 27.3 Å². The molecule has 1 aromatic rings. The number of halogens is 5.